The zero-order valence-corrected chi connectivity index (χ0v) is 11.8. The van der Waals surface area contributed by atoms with Gasteiger partial charge in [-0.3, -0.25) is 4.79 Å². The quantitative estimate of drug-likeness (QED) is 0.915. The van der Waals surface area contributed by atoms with E-state index >= 15 is 0 Å². The van der Waals surface area contributed by atoms with Gasteiger partial charge in [-0.2, -0.15) is 4.98 Å². The first-order valence-electron chi connectivity index (χ1n) is 7.08. The summed E-state index contributed by atoms with van der Waals surface area (Å²) < 4.78 is 5.25. The molecule has 0 atom stereocenters. The van der Waals surface area contributed by atoms with Crippen molar-refractivity contribution < 1.29 is 9.21 Å². The molecule has 110 valence electrons. The average Bonchev–Trinajstić information content (AvgIpc) is 3.01. The summed E-state index contributed by atoms with van der Waals surface area (Å²) in [6.45, 7) is 3.61. The number of piperidine rings is 1. The highest BCUT2D eigenvalue weighted by Crippen LogP contribution is 2.20. The van der Waals surface area contributed by atoms with Crippen molar-refractivity contribution >= 4 is 5.91 Å². The van der Waals surface area contributed by atoms with E-state index in [0.717, 1.165) is 12.8 Å². The fourth-order valence-corrected chi connectivity index (χ4v) is 2.51. The summed E-state index contributed by atoms with van der Waals surface area (Å²) in [5.74, 6) is 0.955. The first-order valence-corrected chi connectivity index (χ1v) is 7.08. The van der Waals surface area contributed by atoms with E-state index in [2.05, 4.69) is 16.9 Å². The van der Waals surface area contributed by atoms with Crippen LogP contribution >= 0.6 is 0 Å². The van der Waals surface area contributed by atoms with Crippen LogP contribution in [-0.2, 0) is 0 Å². The van der Waals surface area contributed by atoms with Crippen molar-refractivity contribution in [2.24, 2.45) is 5.92 Å². The number of H-pyrrole nitrogens is 1. The van der Waals surface area contributed by atoms with Crippen molar-refractivity contribution in [2.75, 3.05) is 13.1 Å². The third-order valence-electron chi connectivity index (χ3n) is 3.82. The van der Waals surface area contributed by atoms with Crippen LogP contribution in [0, 0.1) is 5.92 Å². The van der Waals surface area contributed by atoms with E-state index in [1.54, 1.807) is 23.1 Å². The first-order chi connectivity index (χ1) is 10.1. The number of carbonyl (C=O) groups is 1. The fourth-order valence-electron chi connectivity index (χ4n) is 2.51. The van der Waals surface area contributed by atoms with Gasteiger partial charge in [0.1, 0.15) is 11.5 Å². The summed E-state index contributed by atoms with van der Waals surface area (Å²) in [6, 6.07) is 5.02. The summed E-state index contributed by atoms with van der Waals surface area (Å²) in [5.41, 5.74) is 0.0889. The summed E-state index contributed by atoms with van der Waals surface area (Å²) in [5, 5.41) is 0. The molecule has 2 aromatic rings. The van der Waals surface area contributed by atoms with Crippen LogP contribution in [0.5, 0.6) is 0 Å². The second kappa shape index (κ2) is 5.55. The Morgan fingerprint density at radius 3 is 2.86 bits per heavy atom. The van der Waals surface area contributed by atoms with Crippen molar-refractivity contribution in [1.82, 2.24) is 14.9 Å². The van der Waals surface area contributed by atoms with Gasteiger partial charge < -0.3 is 14.3 Å². The molecule has 3 heterocycles. The van der Waals surface area contributed by atoms with Gasteiger partial charge >= 0.3 is 5.69 Å². The van der Waals surface area contributed by atoms with Crippen LogP contribution < -0.4 is 5.69 Å². The Balaban J connectivity index is 1.88. The van der Waals surface area contributed by atoms with Crippen LogP contribution in [-0.4, -0.2) is 33.9 Å². The summed E-state index contributed by atoms with van der Waals surface area (Å²) in [4.78, 5) is 32.3. The number of furan rings is 1. The Bertz CT molecular complexity index is 682. The summed E-state index contributed by atoms with van der Waals surface area (Å²) >= 11 is 0. The molecule has 21 heavy (non-hydrogen) atoms. The number of aromatic amines is 1. The van der Waals surface area contributed by atoms with Gasteiger partial charge in [0.15, 0.2) is 0 Å². The molecule has 0 saturated carbocycles. The van der Waals surface area contributed by atoms with E-state index in [-0.39, 0.29) is 11.6 Å². The van der Waals surface area contributed by atoms with Gasteiger partial charge in [-0.1, -0.05) is 6.92 Å². The molecule has 1 aliphatic heterocycles. The lowest BCUT2D eigenvalue weighted by Gasteiger charge is -2.29. The molecule has 0 bridgehead atoms. The van der Waals surface area contributed by atoms with E-state index in [1.807, 2.05) is 0 Å². The van der Waals surface area contributed by atoms with Gasteiger partial charge in [0, 0.05) is 13.1 Å². The van der Waals surface area contributed by atoms with Crippen molar-refractivity contribution in [3.8, 4) is 11.5 Å². The van der Waals surface area contributed by atoms with Gasteiger partial charge in [0.2, 0.25) is 0 Å². The average molecular weight is 287 g/mol. The summed E-state index contributed by atoms with van der Waals surface area (Å²) in [6.07, 6.45) is 3.49. The molecule has 0 aromatic carbocycles. The number of likely N-dealkylation sites (tertiary alicyclic amines) is 1. The van der Waals surface area contributed by atoms with Gasteiger partial charge in [-0.05, 0) is 37.0 Å². The van der Waals surface area contributed by atoms with Gasteiger partial charge in [-0.15, -0.1) is 0 Å². The fraction of sp³-hybridized carbons (Fsp3) is 0.400. The predicted octanol–water partition coefficient (Wildman–Crippen LogP) is 1.90. The van der Waals surface area contributed by atoms with E-state index in [0.29, 0.717) is 30.5 Å². The molecule has 0 radical (unpaired) electrons. The minimum atomic E-state index is -0.544. The topological polar surface area (TPSA) is 79.2 Å². The zero-order valence-electron chi connectivity index (χ0n) is 11.8. The normalized spacial score (nSPS) is 16.1. The minimum absolute atomic E-state index is 0.166. The lowest BCUT2D eigenvalue weighted by atomic mass is 9.99. The molecular weight excluding hydrogens is 270 g/mol. The summed E-state index contributed by atoms with van der Waals surface area (Å²) in [7, 11) is 0. The Morgan fingerprint density at radius 1 is 1.43 bits per heavy atom. The highest BCUT2D eigenvalue weighted by atomic mass is 16.3. The minimum Gasteiger partial charge on any atom is -0.463 e. The Hall–Kier alpha value is -2.37. The Labute approximate surface area is 121 Å². The van der Waals surface area contributed by atoms with E-state index in [4.69, 9.17) is 4.42 Å². The molecule has 3 rings (SSSR count). The lowest BCUT2D eigenvalue weighted by Crippen LogP contribution is -2.39. The van der Waals surface area contributed by atoms with E-state index < -0.39 is 5.69 Å². The molecule has 0 aliphatic carbocycles. The van der Waals surface area contributed by atoms with Crippen molar-refractivity contribution in [1.29, 1.82) is 0 Å². The smallest absolute Gasteiger partial charge is 0.346 e. The monoisotopic (exact) mass is 287 g/mol. The van der Waals surface area contributed by atoms with Gasteiger partial charge in [0.05, 0.1) is 12.0 Å². The van der Waals surface area contributed by atoms with Crippen molar-refractivity contribution in [3.63, 3.8) is 0 Å². The highest BCUT2D eigenvalue weighted by molar-refractivity contribution is 5.93. The first kappa shape index (κ1) is 13.6. The maximum absolute atomic E-state index is 12.5. The molecule has 0 spiro atoms. The third kappa shape index (κ3) is 2.89. The molecule has 1 N–H and O–H groups in total. The molecule has 2 aromatic heterocycles. The van der Waals surface area contributed by atoms with Crippen LogP contribution in [0.1, 0.15) is 30.3 Å². The largest absolute Gasteiger partial charge is 0.463 e. The maximum Gasteiger partial charge on any atom is 0.346 e. The molecule has 1 aliphatic rings. The van der Waals surface area contributed by atoms with Crippen molar-refractivity contribution in [2.45, 2.75) is 19.8 Å². The number of rotatable bonds is 2. The number of amides is 1. The molecular formula is C15H17N3O3. The van der Waals surface area contributed by atoms with Crippen molar-refractivity contribution in [3.05, 3.63) is 40.6 Å². The molecule has 1 fully saturated rings. The molecule has 1 saturated heterocycles. The maximum atomic E-state index is 12.5. The van der Waals surface area contributed by atoms with E-state index in [9.17, 15) is 9.59 Å². The molecule has 6 heteroatoms. The van der Waals surface area contributed by atoms with Crippen LogP contribution in [0.25, 0.3) is 11.5 Å². The second-order valence-electron chi connectivity index (χ2n) is 5.44. The molecule has 0 unspecified atom stereocenters. The number of nitrogens with one attached hydrogen (secondary N) is 1. The molecule has 1 amide bonds. The van der Waals surface area contributed by atoms with Crippen LogP contribution in [0.2, 0.25) is 0 Å². The molecule has 6 nitrogen and oxygen atoms in total. The standard InChI is InChI=1S/C15H17N3O3/c1-10-4-6-18(7-5-10)14(19)12-9-11(16-15(20)17-12)13-3-2-8-21-13/h2-3,8-10H,4-7H2,1H3,(H,16,17,20). The predicted molar refractivity (Wildman–Crippen MR) is 76.9 cm³/mol. The van der Waals surface area contributed by atoms with Crippen LogP contribution in [0.15, 0.2) is 33.7 Å². The van der Waals surface area contributed by atoms with Crippen LogP contribution in [0.3, 0.4) is 0 Å². The van der Waals surface area contributed by atoms with Crippen LogP contribution in [0.4, 0.5) is 0 Å². The Morgan fingerprint density at radius 2 is 2.19 bits per heavy atom. The van der Waals surface area contributed by atoms with E-state index in [1.165, 1.54) is 6.26 Å². The Kier molecular flexibility index (Phi) is 3.60. The van der Waals surface area contributed by atoms with Gasteiger partial charge in [-0.25, -0.2) is 4.79 Å². The number of hydrogen-bond donors (Lipinski definition) is 1. The number of nitrogens with zero attached hydrogens (tertiary/aromatic N) is 2. The highest BCUT2D eigenvalue weighted by Gasteiger charge is 2.23. The number of carbonyl (C=O) groups excluding carboxylic acids is 1. The third-order valence-corrected chi connectivity index (χ3v) is 3.82. The lowest BCUT2D eigenvalue weighted by molar-refractivity contribution is 0.0690. The van der Waals surface area contributed by atoms with Gasteiger partial charge in [0.25, 0.3) is 5.91 Å². The number of hydrogen-bond acceptors (Lipinski definition) is 4. The number of aromatic nitrogens is 2. The zero-order chi connectivity index (χ0) is 14.8. The SMILES string of the molecule is CC1CCN(C(=O)c2cc(-c3ccco3)[nH]c(=O)n2)CC1. The second-order valence-corrected chi connectivity index (χ2v) is 5.44.